The van der Waals surface area contributed by atoms with E-state index in [1.54, 1.807) is 23.0 Å². The number of anilines is 2. The Hall–Kier alpha value is -6.23. The molecule has 2 N–H and O–H groups in total. The number of amides is 4. The smallest absolute Gasteiger partial charge is 0.258 e. The molecule has 2 aromatic carbocycles. The number of pyridine rings is 1. The molecule has 0 spiro atoms. The number of rotatable bonds is 5. The number of nitrogens with zero attached hydrogens (tertiary/aromatic N) is 8. The third kappa shape index (κ3) is 8.44. The van der Waals surface area contributed by atoms with Crippen LogP contribution in [0, 0.1) is 30.4 Å². The highest BCUT2D eigenvalue weighted by atomic mass is 19.1. The lowest BCUT2D eigenvalue weighted by atomic mass is 9.89. The normalized spacial score (nSPS) is 23.5. The number of carbonyl (C=O) groups is 4. The van der Waals surface area contributed by atoms with Crippen LogP contribution in [0.3, 0.4) is 0 Å². The molecule has 0 aliphatic carbocycles. The fourth-order valence-electron chi connectivity index (χ4n) is 9.88. The molecular weight excluding hydrogens is 823 g/mol. The van der Waals surface area contributed by atoms with E-state index >= 15 is 8.78 Å². The number of aromatic nitrogens is 5. The summed E-state index contributed by atoms with van der Waals surface area (Å²) in [6.07, 6.45) is 4.04. The maximum atomic E-state index is 15.4. The number of imidazole rings is 1. The van der Waals surface area contributed by atoms with Gasteiger partial charge in [-0.2, -0.15) is 5.10 Å². The van der Waals surface area contributed by atoms with E-state index in [1.165, 1.54) is 12.1 Å². The van der Waals surface area contributed by atoms with E-state index in [0.717, 1.165) is 35.0 Å². The lowest BCUT2D eigenvalue weighted by molar-refractivity contribution is -0.141. The van der Waals surface area contributed by atoms with Crippen LogP contribution in [0.5, 0.6) is 5.88 Å². The average Bonchev–Trinajstić information content (AvgIpc) is 3.98. The maximum Gasteiger partial charge on any atom is 0.258 e. The summed E-state index contributed by atoms with van der Waals surface area (Å²) in [4.78, 5) is 67.8. The van der Waals surface area contributed by atoms with E-state index in [9.17, 15) is 19.2 Å². The van der Waals surface area contributed by atoms with Crippen molar-refractivity contribution in [3.63, 3.8) is 0 Å². The third-order valence-electron chi connectivity index (χ3n) is 13.3. The van der Waals surface area contributed by atoms with E-state index in [4.69, 9.17) is 14.7 Å². The molecule has 4 aliphatic heterocycles. The monoisotopic (exact) mass is 876 g/mol. The number of halogens is 2. The molecule has 0 radical (unpaired) electrons. The van der Waals surface area contributed by atoms with Gasteiger partial charge < -0.3 is 19.1 Å². The van der Waals surface area contributed by atoms with Gasteiger partial charge in [0.1, 0.15) is 11.6 Å². The summed E-state index contributed by atoms with van der Waals surface area (Å²) in [5, 5.41) is 9.69. The van der Waals surface area contributed by atoms with Gasteiger partial charge in [-0.3, -0.25) is 39.7 Å². The Kier molecular flexibility index (Phi) is 11.7. The van der Waals surface area contributed by atoms with Crippen LogP contribution >= 0.6 is 0 Å². The lowest BCUT2D eigenvalue weighted by Gasteiger charge is -2.45. The number of hydrogen-bond acceptors (Lipinski definition) is 10. The van der Waals surface area contributed by atoms with Crippen molar-refractivity contribution in [2.45, 2.75) is 90.9 Å². The molecule has 64 heavy (non-hydrogen) atoms. The Morgan fingerprint density at radius 2 is 1.70 bits per heavy atom. The number of piperazine rings is 1. The van der Waals surface area contributed by atoms with Gasteiger partial charge in [0, 0.05) is 87.3 Å². The molecule has 15 nitrogen and oxygen atoms in total. The molecule has 3 fully saturated rings. The molecule has 3 saturated heterocycles. The van der Waals surface area contributed by atoms with Crippen LogP contribution in [0.4, 0.5) is 20.4 Å². The van der Waals surface area contributed by atoms with Gasteiger partial charge >= 0.3 is 0 Å². The Bertz CT molecular complexity index is 2640. The lowest BCUT2D eigenvalue weighted by Crippen LogP contribution is -2.58. The Morgan fingerprint density at radius 1 is 0.906 bits per heavy atom. The molecular formula is C47H54F2N10O5. The van der Waals surface area contributed by atoms with Gasteiger partial charge in [-0.15, -0.1) is 0 Å². The largest absolute Gasteiger partial charge is 0.477 e. The van der Waals surface area contributed by atoms with Gasteiger partial charge in [0.25, 0.3) is 5.91 Å². The summed E-state index contributed by atoms with van der Waals surface area (Å²) in [5.41, 5.74) is 5.27. The maximum absolute atomic E-state index is 15.4. The quantitative estimate of drug-likeness (QED) is 0.202. The molecule has 336 valence electrons. The summed E-state index contributed by atoms with van der Waals surface area (Å²) in [5.74, 6) is -3.14. The zero-order valence-corrected chi connectivity index (χ0v) is 36.9. The summed E-state index contributed by atoms with van der Waals surface area (Å²) >= 11 is 0. The number of ether oxygens (including phenoxy) is 1. The molecule has 2 bridgehead atoms. The summed E-state index contributed by atoms with van der Waals surface area (Å²) < 4.78 is 40.8. The van der Waals surface area contributed by atoms with Crippen molar-refractivity contribution in [1.82, 2.24) is 39.4 Å². The van der Waals surface area contributed by atoms with Gasteiger partial charge in [-0.1, -0.05) is 13.0 Å². The summed E-state index contributed by atoms with van der Waals surface area (Å²) in [6, 6.07) is 12.2. The number of hydrogen-bond donors (Lipinski definition) is 2. The molecule has 17 heteroatoms. The van der Waals surface area contributed by atoms with Gasteiger partial charge in [-0.05, 0) is 94.3 Å². The zero-order chi connectivity index (χ0) is 45.0. The van der Waals surface area contributed by atoms with Crippen molar-refractivity contribution in [3.8, 4) is 17.1 Å². The van der Waals surface area contributed by atoms with Crippen LogP contribution in [0.15, 0.2) is 48.7 Å². The second kappa shape index (κ2) is 17.4. The molecule has 4 amide bonds. The van der Waals surface area contributed by atoms with Crippen LogP contribution in [0.25, 0.3) is 22.3 Å². The van der Waals surface area contributed by atoms with Gasteiger partial charge in [0.05, 0.1) is 46.9 Å². The summed E-state index contributed by atoms with van der Waals surface area (Å²) in [6.45, 7) is 12.0. The molecule has 5 aromatic rings. The van der Waals surface area contributed by atoms with Gasteiger partial charge in [-0.25, -0.2) is 18.4 Å². The number of nitrogens with one attached hydrogen (secondary N) is 2. The number of benzene rings is 2. The standard InChI is InChI=1S/C47H54F2N10O5/c1-26-7-6-14-64-46-35(20-50-55(46)5)39-17-32(15-27(2)51-39)43(61)54-47-52-38-10-8-30(16-40(38)59(47)21-26)24-57-22-29(4)58(23-28(57)3)45(63)31-12-13-56(25-31)33-18-36(48)42(37(49)19-33)34-9-11-41(60)53-44(34)62/h8,10,15-20,26,28-29,31,34H,6-7,9,11-14,21-25H2,1-5H3,(H,52,54,61)(H,53,60,62)/t26-,28+,29+,31-,34-/m1/s1. The van der Waals surface area contributed by atoms with Crippen LogP contribution in [0.1, 0.15) is 86.0 Å². The predicted octanol–water partition coefficient (Wildman–Crippen LogP) is 5.95. The molecule has 9 rings (SSSR count). The number of aryl methyl sites for hydroxylation is 2. The SMILES string of the molecule is Cc1cc2cc(n1)-c1cnn(C)c1OCCC[C@@H](C)Cn1c(nc3ccc(CN4C[C@H](C)N(C(=O)[C@@H]5CCN(c6cc(F)c([C@H]7CCC(=O)NC7=O)c(F)c6)C5)C[C@@H]4C)cc31)NC2=O. The van der Waals surface area contributed by atoms with E-state index in [2.05, 4.69) is 58.1 Å². The average molecular weight is 877 g/mol. The van der Waals surface area contributed by atoms with Crippen molar-refractivity contribution < 1.29 is 32.7 Å². The first-order chi connectivity index (χ1) is 30.7. The zero-order valence-electron chi connectivity index (χ0n) is 36.9. The van der Waals surface area contributed by atoms with Crippen molar-refractivity contribution in [3.05, 3.63) is 82.7 Å². The Labute approximate surface area is 370 Å². The molecule has 4 aliphatic rings. The molecule has 0 unspecified atom stereocenters. The van der Waals surface area contributed by atoms with Crippen LogP contribution < -0.4 is 20.3 Å². The van der Waals surface area contributed by atoms with Crippen LogP contribution in [0.2, 0.25) is 0 Å². The minimum absolute atomic E-state index is 0.0181. The molecule has 0 saturated carbocycles. The van der Waals surface area contributed by atoms with Crippen molar-refractivity contribution in [2.24, 2.45) is 18.9 Å². The Morgan fingerprint density at radius 3 is 2.48 bits per heavy atom. The van der Waals surface area contributed by atoms with Crippen LogP contribution in [-0.2, 0) is 34.5 Å². The number of imide groups is 1. The first-order valence-corrected chi connectivity index (χ1v) is 22.3. The summed E-state index contributed by atoms with van der Waals surface area (Å²) in [7, 11) is 1.83. The Balaban J connectivity index is 0.881. The van der Waals surface area contributed by atoms with Crippen molar-refractivity contribution in [1.29, 1.82) is 0 Å². The van der Waals surface area contributed by atoms with E-state index in [1.807, 2.05) is 29.8 Å². The number of fused-ring (bicyclic) bond motifs is 7. The predicted molar refractivity (Wildman–Crippen MR) is 236 cm³/mol. The molecule has 3 aromatic heterocycles. The molecule has 7 heterocycles. The van der Waals surface area contributed by atoms with Gasteiger partial charge in [0.2, 0.25) is 29.5 Å². The first-order valence-electron chi connectivity index (χ1n) is 22.3. The molecule has 5 atom stereocenters. The van der Waals surface area contributed by atoms with Crippen molar-refractivity contribution in [2.75, 3.05) is 43.0 Å². The van der Waals surface area contributed by atoms with E-state index in [-0.39, 0.29) is 54.1 Å². The third-order valence-corrected chi connectivity index (χ3v) is 13.3. The fourth-order valence-corrected chi connectivity index (χ4v) is 9.88. The van der Waals surface area contributed by atoms with Gasteiger partial charge in [0.15, 0.2) is 0 Å². The highest BCUT2D eigenvalue weighted by molar-refractivity contribution is 6.05. The second-order valence-electron chi connectivity index (χ2n) is 18.2. The topological polar surface area (TPSA) is 160 Å². The number of carbonyl (C=O) groups excluding carboxylic acids is 4. The highest BCUT2D eigenvalue weighted by Crippen LogP contribution is 2.36. The minimum Gasteiger partial charge on any atom is -0.477 e. The highest BCUT2D eigenvalue weighted by Gasteiger charge is 2.39. The first kappa shape index (κ1) is 43.0. The number of piperidine rings is 1. The second-order valence-corrected chi connectivity index (χ2v) is 18.2. The van der Waals surface area contributed by atoms with E-state index < -0.39 is 29.4 Å². The van der Waals surface area contributed by atoms with Crippen molar-refractivity contribution >= 4 is 46.3 Å². The fraction of sp³-hybridized carbons (Fsp3) is 0.468. The van der Waals surface area contributed by atoms with Crippen LogP contribution in [-0.4, -0.2) is 103 Å². The minimum atomic E-state index is -1.07. The van der Waals surface area contributed by atoms with E-state index in [0.29, 0.717) is 86.8 Å².